The molecule has 2 amide bonds. The van der Waals surface area contributed by atoms with Gasteiger partial charge in [0.2, 0.25) is 0 Å². The number of nitro groups is 1. The van der Waals surface area contributed by atoms with Gasteiger partial charge in [-0.3, -0.25) is 19.7 Å². The van der Waals surface area contributed by atoms with Crippen molar-refractivity contribution in [2.75, 3.05) is 31.5 Å². The van der Waals surface area contributed by atoms with Crippen LogP contribution >= 0.6 is 11.3 Å². The molecule has 1 aromatic heterocycles. The van der Waals surface area contributed by atoms with Crippen LogP contribution in [0.3, 0.4) is 0 Å². The summed E-state index contributed by atoms with van der Waals surface area (Å²) in [7, 11) is 2.94. The first kappa shape index (κ1) is 27.1. The minimum absolute atomic E-state index is 0.0181. The van der Waals surface area contributed by atoms with Crippen molar-refractivity contribution < 1.29 is 33.5 Å². The summed E-state index contributed by atoms with van der Waals surface area (Å²) in [4.78, 5) is 49.8. The largest absolute Gasteiger partial charge is 0.497 e. The van der Waals surface area contributed by atoms with E-state index in [1.54, 1.807) is 39.0 Å². The lowest BCUT2D eigenvalue weighted by Gasteiger charge is -2.11. The number of hydrogen-bond acceptors (Lipinski definition) is 9. The van der Waals surface area contributed by atoms with Crippen LogP contribution < -0.4 is 20.1 Å². The monoisotopic (exact) mass is 527 g/mol. The number of ether oxygens (including phenoxy) is 3. The molecule has 1 heterocycles. The van der Waals surface area contributed by atoms with Gasteiger partial charge in [0, 0.05) is 23.3 Å². The van der Waals surface area contributed by atoms with E-state index in [4.69, 9.17) is 14.2 Å². The van der Waals surface area contributed by atoms with Crippen molar-refractivity contribution in [1.82, 2.24) is 0 Å². The number of hydrogen-bond donors (Lipinski definition) is 2. The predicted octanol–water partition coefficient (Wildman–Crippen LogP) is 4.97. The number of nitro benzene ring substituents is 1. The normalized spacial score (nSPS) is 10.4. The zero-order chi connectivity index (χ0) is 27.3. The van der Waals surface area contributed by atoms with Crippen LogP contribution in [0.5, 0.6) is 11.5 Å². The summed E-state index contributed by atoms with van der Waals surface area (Å²) in [6, 6.07) is 8.93. The van der Waals surface area contributed by atoms with Crippen molar-refractivity contribution >= 4 is 45.5 Å². The first-order valence-corrected chi connectivity index (χ1v) is 11.8. The van der Waals surface area contributed by atoms with Crippen LogP contribution in [0.15, 0.2) is 36.4 Å². The standard InChI is InChI=1S/C25H25N3O8S/c1-6-36-25(31)20-14(3)21(23(30)26-17-12-16(34-4)9-10-19(17)35-5)37-24(20)27-22(29)15-8-7-13(2)18(11-15)28(32)33/h7-12H,6H2,1-5H3,(H,26,30)(H,27,29). The van der Waals surface area contributed by atoms with Gasteiger partial charge in [-0.1, -0.05) is 6.07 Å². The number of carbonyl (C=O) groups is 3. The van der Waals surface area contributed by atoms with E-state index < -0.39 is 22.7 Å². The topological polar surface area (TPSA) is 146 Å². The third kappa shape index (κ3) is 5.86. The van der Waals surface area contributed by atoms with Gasteiger partial charge in [-0.05, 0) is 44.5 Å². The van der Waals surface area contributed by atoms with Gasteiger partial charge in [-0.2, -0.15) is 0 Å². The van der Waals surface area contributed by atoms with Gasteiger partial charge >= 0.3 is 5.97 Å². The van der Waals surface area contributed by atoms with Crippen molar-refractivity contribution in [2.45, 2.75) is 20.8 Å². The van der Waals surface area contributed by atoms with E-state index in [1.807, 2.05) is 0 Å². The van der Waals surface area contributed by atoms with Gasteiger partial charge < -0.3 is 24.8 Å². The maximum absolute atomic E-state index is 13.2. The lowest BCUT2D eigenvalue weighted by Crippen LogP contribution is -2.15. The number of benzene rings is 2. The van der Waals surface area contributed by atoms with Crippen LogP contribution in [0.4, 0.5) is 16.4 Å². The molecule has 194 valence electrons. The Morgan fingerprint density at radius 1 is 1.00 bits per heavy atom. The second-order valence-corrected chi connectivity index (χ2v) is 8.73. The van der Waals surface area contributed by atoms with E-state index >= 15 is 0 Å². The third-order valence-corrected chi connectivity index (χ3v) is 6.59. The molecule has 12 heteroatoms. The average Bonchev–Trinajstić information content (AvgIpc) is 3.19. The molecule has 0 aliphatic rings. The third-order valence-electron chi connectivity index (χ3n) is 5.38. The van der Waals surface area contributed by atoms with Crippen LogP contribution in [0, 0.1) is 24.0 Å². The molecule has 0 spiro atoms. The molecule has 11 nitrogen and oxygen atoms in total. The number of rotatable bonds is 9. The zero-order valence-electron chi connectivity index (χ0n) is 20.8. The molecule has 0 saturated carbocycles. The van der Waals surface area contributed by atoms with Crippen LogP contribution in [-0.4, -0.2) is 43.5 Å². The van der Waals surface area contributed by atoms with Crippen LogP contribution in [0.25, 0.3) is 0 Å². The van der Waals surface area contributed by atoms with Gasteiger partial charge in [-0.25, -0.2) is 4.79 Å². The summed E-state index contributed by atoms with van der Waals surface area (Å²) in [6.07, 6.45) is 0. The summed E-state index contributed by atoms with van der Waals surface area (Å²) in [5.74, 6) is -1.07. The number of esters is 1. The molecule has 0 aliphatic heterocycles. The lowest BCUT2D eigenvalue weighted by molar-refractivity contribution is -0.385. The van der Waals surface area contributed by atoms with E-state index in [0.717, 1.165) is 17.4 Å². The number of nitrogens with one attached hydrogen (secondary N) is 2. The number of thiophene rings is 1. The Bertz CT molecular complexity index is 1380. The zero-order valence-corrected chi connectivity index (χ0v) is 21.6. The van der Waals surface area contributed by atoms with Crippen molar-refractivity contribution in [3.63, 3.8) is 0 Å². The molecule has 3 aromatic rings. The smallest absolute Gasteiger partial charge is 0.341 e. The van der Waals surface area contributed by atoms with Gasteiger partial charge in [-0.15, -0.1) is 11.3 Å². The van der Waals surface area contributed by atoms with E-state index in [9.17, 15) is 24.5 Å². The highest BCUT2D eigenvalue weighted by atomic mass is 32.1. The van der Waals surface area contributed by atoms with Gasteiger partial charge in [0.05, 0.1) is 41.9 Å². The maximum Gasteiger partial charge on any atom is 0.341 e. The van der Waals surface area contributed by atoms with Gasteiger partial charge in [0.15, 0.2) is 0 Å². The van der Waals surface area contributed by atoms with Crippen LogP contribution in [-0.2, 0) is 4.74 Å². The Hall–Kier alpha value is -4.45. The molecular weight excluding hydrogens is 502 g/mol. The Morgan fingerprint density at radius 2 is 1.73 bits per heavy atom. The second kappa shape index (κ2) is 11.5. The summed E-state index contributed by atoms with van der Waals surface area (Å²) in [5.41, 5.74) is 0.860. The minimum Gasteiger partial charge on any atom is -0.497 e. The molecular formula is C25H25N3O8S. The van der Waals surface area contributed by atoms with Crippen molar-refractivity contribution in [2.24, 2.45) is 0 Å². The molecule has 0 radical (unpaired) electrons. The van der Waals surface area contributed by atoms with E-state index in [2.05, 4.69) is 10.6 Å². The highest BCUT2D eigenvalue weighted by Gasteiger charge is 2.28. The lowest BCUT2D eigenvalue weighted by atomic mass is 10.1. The van der Waals surface area contributed by atoms with E-state index in [1.165, 1.54) is 26.4 Å². The summed E-state index contributed by atoms with van der Waals surface area (Å²) in [6.45, 7) is 4.83. The molecule has 0 bridgehead atoms. The minimum atomic E-state index is -0.723. The fraction of sp³-hybridized carbons (Fsp3) is 0.240. The molecule has 0 aliphatic carbocycles. The van der Waals surface area contributed by atoms with E-state index in [0.29, 0.717) is 28.3 Å². The molecule has 0 unspecified atom stereocenters. The Morgan fingerprint density at radius 3 is 2.35 bits per heavy atom. The summed E-state index contributed by atoms with van der Waals surface area (Å²) < 4.78 is 15.6. The second-order valence-electron chi connectivity index (χ2n) is 7.71. The maximum atomic E-state index is 13.2. The molecule has 0 fully saturated rings. The van der Waals surface area contributed by atoms with Crippen LogP contribution in [0.2, 0.25) is 0 Å². The Kier molecular flexibility index (Phi) is 8.45. The van der Waals surface area contributed by atoms with Gasteiger partial charge in [0.1, 0.15) is 16.5 Å². The number of nitrogens with zero attached hydrogens (tertiary/aromatic N) is 1. The first-order valence-electron chi connectivity index (χ1n) is 11.0. The molecule has 37 heavy (non-hydrogen) atoms. The fourth-order valence-electron chi connectivity index (χ4n) is 3.48. The predicted molar refractivity (Wildman–Crippen MR) is 138 cm³/mol. The van der Waals surface area contributed by atoms with Crippen molar-refractivity contribution in [3.8, 4) is 11.5 Å². The van der Waals surface area contributed by atoms with Crippen LogP contribution in [0.1, 0.15) is 48.4 Å². The van der Waals surface area contributed by atoms with Crippen molar-refractivity contribution in [3.05, 3.63) is 73.6 Å². The molecule has 0 atom stereocenters. The number of carbonyl (C=O) groups excluding carboxylic acids is 3. The van der Waals surface area contributed by atoms with Gasteiger partial charge in [0.25, 0.3) is 17.5 Å². The quantitative estimate of drug-likeness (QED) is 0.225. The number of anilines is 2. The fourth-order valence-corrected chi connectivity index (χ4v) is 4.57. The number of amides is 2. The number of methoxy groups -OCH3 is 2. The molecule has 0 saturated heterocycles. The molecule has 2 aromatic carbocycles. The SMILES string of the molecule is CCOC(=O)c1c(NC(=O)c2ccc(C)c([N+](=O)[O-])c2)sc(C(=O)Nc2cc(OC)ccc2OC)c1C. The highest BCUT2D eigenvalue weighted by molar-refractivity contribution is 7.19. The Balaban J connectivity index is 1.99. The summed E-state index contributed by atoms with van der Waals surface area (Å²) in [5, 5.41) is 16.7. The van der Waals surface area contributed by atoms with Crippen molar-refractivity contribution in [1.29, 1.82) is 0 Å². The summed E-state index contributed by atoms with van der Waals surface area (Å²) >= 11 is 0.877. The average molecular weight is 528 g/mol. The highest BCUT2D eigenvalue weighted by Crippen LogP contribution is 2.36. The molecule has 2 N–H and O–H groups in total. The molecule has 3 rings (SSSR count). The van der Waals surface area contributed by atoms with E-state index in [-0.39, 0.29) is 33.3 Å². The number of aryl methyl sites for hydroxylation is 1. The first-order chi connectivity index (χ1) is 17.6. The Labute approximate surface area is 216 Å².